The zero-order valence-corrected chi connectivity index (χ0v) is 16.1. The molecule has 2 bridgehead atoms. The van der Waals surface area contributed by atoms with E-state index in [2.05, 4.69) is 0 Å². The van der Waals surface area contributed by atoms with E-state index in [0.717, 1.165) is 17.7 Å². The molecular formula is C19H27N3O5. The van der Waals surface area contributed by atoms with Crippen LogP contribution in [0.25, 0.3) is 0 Å². The van der Waals surface area contributed by atoms with Crippen LogP contribution in [0.4, 0.5) is 0 Å². The Kier molecular flexibility index (Phi) is 5.67. The number of aryl methyl sites for hydroxylation is 1. The van der Waals surface area contributed by atoms with Gasteiger partial charge in [-0.15, -0.1) is 0 Å². The summed E-state index contributed by atoms with van der Waals surface area (Å²) >= 11 is 0. The maximum atomic E-state index is 13.3. The fourth-order valence-corrected chi connectivity index (χ4v) is 4.26. The summed E-state index contributed by atoms with van der Waals surface area (Å²) in [6, 6.07) is 1.43. The van der Waals surface area contributed by atoms with Crippen LogP contribution in [0.5, 0.6) is 0 Å². The van der Waals surface area contributed by atoms with Gasteiger partial charge >= 0.3 is 5.97 Å². The van der Waals surface area contributed by atoms with E-state index in [-0.39, 0.29) is 35.5 Å². The van der Waals surface area contributed by atoms with E-state index in [1.165, 1.54) is 0 Å². The third-order valence-electron chi connectivity index (χ3n) is 5.49. The monoisotopic (exact) mass is 377 g/mol. The number of nitrogens with zero attached hydrogens (tertiary/aromatic N) is 3. The Morgan fingerprint density at radius 1 is 1.26 bits per heavy atom. The normalized spacial score (nSPS) is 23.1. The van der Waals surface area contributed by atoms with Gasteiger partial charge in [0.25, 0.3) is 11.5 Å². The van der Waals surface area contributed by atoms with Crippen molar-refractivity contribution in [3.63, 3.8) is 0 Å². The number of hydrogen-bond acceptors (Lipinski definition) is 5. The zero-order valence-electron chi connectivity index (χ0n) is 16.1. The summed E-state index contributed by atoms with van der Waals surface area (Å²) in [7, 11) is 1.70. The van der Waals surface area contributed by atoms with Crippen LogP contribution in [0.2, 0.25) is 0 Å². The molecule has 0 spiro atoms. The van der Waals surface area contributed by atoms with Crippen molar-refractivity contribution in [1.29, 1.82) is 0 Å². The smallest absolute Gasteiger partial charge is 0.317 e. The molecule has 1 aromatic rings. The molecule has 0 unspecified atom stereocenters. The predicted octanol–water partition coefficient (Wildman–Crippen LogP) is 0.114. The fraction of sp³-hybridized carbons (Fsp3) is 0.632. The van der Waals surface area contributed by atoms with Crippen LogP contribution in [0, 0.1) is 12.8 Å². The van der Waals surface area contributed by atoms with Crippen molar-refractivity contribution in [2.75, 3.05) is 39.4 Å². The highest BCUT2D eigenvalue weighted by Crippen LogP contribution is 2.21. The Morgan fingerprint density at radius 3 is 2.67 bits per heavy atom. The molecule has 0 radical (unpaired) electrons. The molecule has 2 saturated heterocycles. The summed E-state index contributed by atoms with van der Waals surface area (Å²) in [6.07, 6.45) is 0.721. The van der Waals surface area contributed by atoms with Gasteiger partial charge in [0.1, 0.15) is 5.56 Å². The quantitative estimate of drug-likeness (QED) is 0.801. The Bertz CT molecular complexity index is 803. The summed E-state index contributed by atoms with van der Waals surface area (Å²) in [5.41, 5.74) is 1.72. The number of aliphatic carboxylic acids is 1. The number of amides is 1. The molecule has 2 aliphatic rings. The molecule has 8 heteroatoms. The summed E-state index contributed by atoms with van der Waals surface area (Å²) < 4.78 is 7.25. The molecule has 0 saturated carbocycles. The van der Waals surface area contributed by atoms with E-state index >= 15 is 0 Å². The third kappa shape index (κ3) is 3.91. The molecule has 3 rings (SSSR count). The van der Waals surface area contributed by atoms with E-state index in [4.69, 9.17) is 9.84 Å². The number of hydrogen-bond donors (Lipinski definition) is 1. The maximum Gasteiger partial charge on any atom is 0.317 e. The van der Waals surface area contributed by atoms with Gasteiger partial charge in [-0.05, 0) is 25.0 Å². The fourth-order valence-electron chi connectivity index (χ4n) is 4.26. The van der Waals surface area contributed by atoms with Gasteiger partial charge in [0.05, 0.1) is 25.8 Å². The molecule has 2 atom stereocenters. The van der Waals surface area contributed by atoms with Crippen molar-refractivity contribution in [2.24, 2.45) is 13.0 Å². The third-order valence-corrected chi connectivity index (χ3v) is 5.49. The first-order chi connectivity index (χ1) is 12.8. The average molecular weight is 377 g/mol. The van der Waals surface area contributed by atoms with Crippen molar-refractivity contribution < 1.29 is 19.4 Å². The van der Waals surface area contributed by atoms with Crippen molar-refractivity contribution in [2.45, 2.75) is 26.3 Å². The number of rotatable bonds is 4. The lowest BCUT2D eigenvalue weighted by Crippen LogP contribution is -2.48. The molecular weight excluding hydrogens is 350 g/mol. The lowest BCUT2D eigenvalue weighted by Gasteiger charge is -2.30. The van der Waals surface area contributed by atoms with E-state index in [9.17, 15) is 14.4 Å². The molecule has 3 heterocycles. The van der Waals surface area contributed by atoms with Crippen LogP contribution in [-0.2, 0) is 23.0 Å². The first-order valence-corrected chi connectivity index (χ1v) is 9.34. The van der Waals surface area contributed by atoms with Gasteiger partial charge in [-0.3, -0.25) is 19.3 Å². The number of carbonyl (C=O) groups excluding carboxylic acids is 1. The van der Waals surface area contributed by atoms with Crippen LogP contribution < -0.4 is 5.56 Å². The first-order valence-electron chi connectivity index (χ1n) is 9.34. The second kappa shape index (κ2) is 7.82. The SMILES string of the molecule is CCc1c(C)cc(C(=O)N2C[C@H]3COC[C@@H]2CN(CC(=O)O)C3)c(=O)n1C. The molecule has 1 N–H and O–H groups in total. The van der Waals surface area contributed by atoms with Crippen molar-refractivity contribution in [3.8, 4) is 0 Å². The van der Waals surface area contributed by atoms with E-state index in [0.29, 0.717) is 32.8 Å². The molecule has 0 aliphatic carbocycles. The number of ether oxygens (including phenoxy) is 1. The Hall–Kier alpha value is -2.19. The van der Waals surface area contributed by atoms with Crippen LogP contribution in [0.1, 0.15) is 28.5 Å². The summed E-state index contributed by atoms with van der Waals surface area (Å²) in [4.78, 5) is 40.7. The second-order valence-corrected chi connectivity index (χ2v) is 7.51. The lowest BCUT2D eigenvalue weighted by atomic mass is 10.1. The van der Waals surface area contributed by atoms with Gasteiger partial charge < -0.3 is 19.3 Å². The molecule has 148 valence electrons. The molecule has 1 amide bonds. The first kappa shape index (κ1) is 19.6. The number of carbonyl (C=O) groups is 2. The predicted molar refractivity (Wildman–Crippen MR) is 99.0 cm³/mol. The van der Waals surface area contributed by atoms with Gasteiger partial charge in [-0.1, -0.05) is 6.92 Å². The zero-order chi connectivity index (χ0) is 19.7. The van der Waals surface area contributed by atoms with Crippen molar-refractivity contribution >= 4 is 11.9 Å². The second-order valence-electron chi connectivity index (χ2n) is 7.51. The molecule has 8 nitrogen and oxygen atoms in total. The van der Waals surface area contributed by atoms with Gasteiger partial charge in [0.2, 0.25) is 0 Å². The van der Waals surface area contributed by atoms with Gasteiger partial charge in [-0.2, -0.15) is 0 Å². The Balaban J connectivity index is 1.93. The van der Waals surface area contributed by atoms with Crippen LogP contribution >= 0.6 is 0 Å². The highest BCUT2D eigenvalue weighted by molar-refractivity contribution is 5.94. The maximum absolute atomic E-state index is 13.3. The van der Waals surface area contributed by atoms with Crippen LogP contribution in [0.3, 0.4) is 0 Å². The molecule has 0 aromatic carbocycles. The Labute approximate surface area is 158 Å². The molecule has 2 aliphatic heterocycles. The van der Waals surface area contributed by atoms with E-state index in [1.807, 2.05) is 18.7 Å². The largest absolute Gasteiger partial charge is 0.480 e. The molecule has 1 aromatic heterocycles. The number of fused-ring (bicyclic) bond motifs is 3. The van der Waals surface area contributed by atoms with Gasteiger partial charge in [0, 0.05) is 38.3 Å². The van der Waals surface area contributed by atoms with Crippen molar-refractivity contribution in [3.05, 3.63) is 33.2 Å². The highest BCUT2D eigenvalue weighted by atomic mass is 16.5. The van der Waals surface area contributed by atoms with Crippen LogP contribution in [0.15, 0.2) is 10.9 Å². The minimum absolute atomic E-state index is 0.0284. The molecule has 2 fully saturated rings. The average Bonchev–Trinajstić information content (AvgIpc) is 2.88. The van der Waals surface area contributed by atoms with E-state index < -0.39 is 5.97 Å². The van der Waals surface area contributed by atoms with Gasteiger partial charge in [-0.25, -0.2) is 0 Å². The minimum Gasteiger partial charge on any atom is -0.480 e. The highest BCUT2D eigenvalue weighted by Gasteiger charge is 2.37. The minimum atomic E-state index is -0.881. The van der Waals surface area contributed by atoms with Gasteiger partial charge in [0.15, 0.2) is 0 Å². The number of pyridine rings is 1. The summed E-state index contributed by atoms with van der Waals surface area (Å²) in [5.74, 6) is -1.15. The van der Waals surface area contributed by atoms with E-state index in [1.54, 1.807) is 22.6 Å². The number of carboxylic acids is 1. The lowest BCUT2D eigenvalue weighted by molar-refractivity contribution is -0.138. The summed E-state index contributed by atoms with van der Waals surface area (Å²) in [5, 5.41) is 9.12. The molecule has 27 heavy (non-hydrogen) atoms. The number of aromatic nitrogens is 1. The standard InChI is InChI=1S/C19H27N3O5/c1-4-16-12(2)5-15(18(25)20(16)3)19(26)22-7-13-6-21(9-17(23)24)8-14(22)11-27-10-13/h5,13-14H,4,6-11H2,1-3H3,(H,23,24)/t13-,14-/m0/s1. The Morgan fingerprint density at radius 2 is 2.00 bits per heavy atom. The van der Waals surface area contributed by atoms with Crippen LogP contribution in [-0.4, -0.2) is 76.8 Å². The number of carboxylic acid groups (broad SMARTS) is 1. The topological polar surface area (TPSA) is 92.1 Å². The van der Waals surface area contributed by atoms with Crippen molar-refractivity contribution in [1.82, 2.24) is 14.4 Å². The summed E-state index contributed by atoms with van der Waals surface area (Å²) in [6.45, 7) is 6.15.